The van der Waals surface area contributed by atoms with Crippen LogP contribution in [0.1, 0.15) is 66.5 Å². The molecule has 0 saturated heterocycles. The highest BCUT2D eigenvalue weighted by Crippen LogP contribution is 2.25. The normalized spacial score (nSPS) is 11.8. The summed E-state index contributed by atoms with van der Waals surface area (Å²) >= 11 is 0. The van der Waals surface area contributed by atoms with Gasteiger partial charge in [-0.3, -0.25) is 9.69 Å². The Labute approximate surface area is 172 Å². The second-order valence-corrected chi connectivity index (χ2v) is 8.16. The Morgan fingerprint density at radius 3 is 2.52 bits per heavy atom. The van der Waals surface area contributed by atoms with E-state index in [0.717, 1.165) is 17.8 Å². The number of carbonyl (C=O) groups excluding carboxylic acids is 1. The van der Waals surface area contributed by atoms with Crippen LogP contribution in [0, 0.1) is 6.92 Å². The molecular weight excluding hydrogens is 364 g/mol. The first kappa shape index (κ1) is 21.0. The summed E-state index contributed by atoms with van der Waals surface area (Å²) in [5.74, 6) is 0.0428. The van der Waals surface area contributed by atoms with Crippen LogP contribution in [0.4, 0.5) is 0 Å². The van der Waals surface area contributed by atoms with Crippen LogP contribution in [0.2, 0.25) is 0 Å². The van der Waals surface area contributed by atoms with Gasteiger partial charge in [-0.05, 0) is 50.9 Å². The molecule has 6 heteroatoms. The SMILES string of the molecule is Cc1noc2nc(C(C)C)cc(C(=O)NCc3ccccc3CN(C)C(C)C)c12. The standard InChI is InChI=1S/C23H30N4O2/c1-14(2)20-11-19(21-16(5)26-29-23(21)25-20)22(28)24-12-17-9-7-8-10-18(17)13-27(6)15(3)4/h7-11,14-15H,12-13H2,1-6H3,(H,24,28). The van der Waals surface area contributed by atoms with E-state index in [-0.39, 0.29) is 11.8 Å². The average Bonchev–Trinajstić information content (AvgIpc) is 3.07. The van der Waals surface area contributed by atoms with Gasteiger partial charge in [-0.15, -0.1) is 0 Å². The van der Waals surface area contributed by atoms with Crippen LogP contribution >= 0.6 is 0 Å². The minimum atomic E-state index is -0.141. The quantitative estimate of drug-likeness (QED) is 0.642. The van der Waals surface area contributed by atoms with Crippen LogP contribution in [-0.4, -0.2) is 34.0 Å². The fourth-order valence-corrected chi connectivity index (χ4v) is 3.19. The third kappa shape index (κ3) is 4.65. The number of nitrogens with one attached hydrogen (secondary N) is 1. The Hall–Kier alpha value is -2.73. The van der Waals surface area contributed by atoms with Crippen molar-refractivity contribution in [3.8, 4) is 0 Å². The molecule has 0 fully saturated rings. The number of aromatic nitrogens is 2. The largest absolute Gasteiger partial charge is 0.348 e. The molecular formula is C23H30N4O2. The molecule has 0 unspecified atom stereocenters. The minimum absolute atomic E-state index is 0.141. The van der Waals surface area contributed by atoms with Crippen LogP contribution < -0.4 is 5.32 Å². The highest BCUT2D eigenvalue weighted by atomic mass is 16.5. The summed E-state index contributed by atoms with van der Waals surface area (Å²) in [4.78, 5) is 19.9. The first-order valence-corrected chi connectivity index (χ1v) is 10.1. The van der Waals surface area contributed by atoms with Crippen molar-refractivity contribution in [3.05, 3.63) is 58.4 Å². The molecule has 0 spiro atoms. The molecule has 0 bridgehead atoms. The predicted molar refractivity (Wildman–Crippen MR) is 115 cm³/mol. The summed E-state index contributed by atoms with van der Waals surface area (Å²) in [6.45, 7) is 11.6. The monoisotopic (exact) mass is 394 g/mol. The molecule has 0 aliphatic heterocycles. The van der Waals surface area contributed by atoms with E-state index in [0.29, 0.717) is 34.9 Å². The zero-order chi connectivity index (χ0) is 21.1. The number of carbonyl (C=O) groups is 1. The Bertz CT molecular complexity index is 1010. The molecule has 3 aromatic rings. The second kappa shape index (κ2) is 8.74. The molecule has 0 aliphatic carbocycles. The smallest absolute Gasteiger partial charge is 0.259 e. The Morgan fingerprint density at radius 2 is 1.86 bits per heavy atom. The van der Waals surface area contributed by atoms with Gasteiger partial charge in [0.05, 0.1) is 16.6 Å². The third-order valence-electron chi connectivity index (χ3n) is 5.33. The number of pyridine rings is 1. The molecule has 154 valence electrons. The Balaban J connectivity index is 1.85. The van der Waals surface area contributed by atoms with Crippen molar-refractivity contribution in [2.24, 2.45) is 0 Å². The van der Waals surface area contributed by atoms with Crippen molar-refractivity contribution < 1.29 is 9.32 Å². The first-order valence-electron chi connectivity index (χ1n) is 10.1. The summed E-state index contributed by atoms with van der Waals surface area (Å²) in [7, 11) is 2.11. The van der Waals surface area contributed by atoms with Crippen molar-refractivity contribution in [1.82, 2.24) is 20.4 Å². The van der Waals surface area contributed by atoms with Crippen LogP contribution in [0.25, 0.3) is 11.1 Å². The maximum Gasteiger partial charge on any atom is 0.259 e. The molecule has 1 amide bonds. The summed E-state index contributed by atoms with van der Waals surface area (Å²) in [5.41, 5.74) is 4.80. The van der Waals surface area contributed by atoms with Crippen molar-refractivity contribution in [2.45, 2.75) is 59.7 Å². The lowest BCUT2D eigenvalue weighted by atomic mass is 10.0. The summed E-state index contributed by atoms with van der Waals surface area (Å²) in [5, 5.41) is 7.76. The summed E-state index contributed by atoms with van der Waals surface area (Å²) in [6, 6.07) is 10.5. The van der Waals surface area contributed by atoms with Crippen molar-refractivity contribution in [3.63, 3.8) is 0 Å². The lowest BCUT2D eigenvalue weighted by molar-refractivity contribution is 0.0952. The van der Waals surface area contributed by atoms with Gasteiger partial charge in [0, 0.05) is 24.8 Å². The molecule has 0 radical (unpaired) electrons. The van der Waals surface area contributed by atoms with E-state index in [1.54, 1.807) is 0 Å². The minimum Gasteiger partial charge on any atom is -0.348 e. The van der Waals surface area contributed by atoms with Crippen LogP contribution in [0.3, 0.4) is 0 Å². The molecule has 29 heavy (non-hydrogen) atoms. The second-order valence-electron chi connectivity index (χ2n) is 8.16. The van der Waals surface area contributed by atoms with Crippen LogP contribution in [0.15, 0.2) is 34.9 Å². The van der Waals surface area contributed by atoms with Gasteiger partial charge in [-0.25, -0.2) is 4.98 Å². The van der Waals surface area contributed by atoms with Gasteiger partial charge in [0.1, 0.15) is 0 Å². The molecule has 6 nitrogen and oxygen atoms in total. The number of aryl methyl sites for hydroxylation is 1. The molecule has 2 heterocycles. The van der Waals surface area contributed by atoms with Gasteiger partial charge in [-0.1, -0.05) is 43.3 Å². The van der Waals surface area contributed by atoms with E-state index in [1.165, 1.54) is 5.56 Å². The highest BCUT2D eigenvalue weighted by Gasteiger charge is 2.20. The van der Waals surface area contributed by atoms with E-state index in [4.69, 9.17) is 4.52 Å². The molecule has 1 aromatic carbocycles. The molecule has 0 saturated carbocycles. The van der Waals surface area contributed by atoms with Gasteiger partial charge in [0.2, 0.25) is 0 Å². The maximum atomic E-state index is 13.1. The molecule has 0 atom stereocenters. The van der Waals surface area contributed by atoms with Crippen molar-refractivity contribution >= 4 is 17.0 Å². The summed E-state index contributed by atoms with van der Waals surface area (Å²) < 4.78 is 5.33. The number of hydrogen-bond donors (Lipinski definition) is 1. The van der Waals surface area contributed by atoms with Gasteiger partial charge in [0.25, 0.3) is 11.6 Å². The molecule has 2 aromatic heterocycles. The van der Waals surface area contributed by atoms with Crippen LogP contribution in [-0.2, 0) is 13.1 Å². The van der Waals surface area contributed by atoms with Gasteiger partial charge >= 0.3 is 0 Å². The number of nitrogens with zero attached hydrogens (tertiary/aromatic N) is 3. The number of hydrogen-bond acceptors (Lipinski definition) is 5. The number of rotatable bonds is 7. The number of benzene rings is 1. The van der Waals surface area contributed by atoms with Crippen molar-refractivity contribution in [1.29, 1.82) is 0 Å². The maximum absolute atomic E-state index is 13.1. The van der Waals surface area contributed by atoms with Crippen molar-refractivity contribution in [2.75, 3.05) is 7.05 Å². The van der Waals surface area contributed by atoms with Crippen LogP contribution in [0.5, 0.6) is 0 Å². The Morgan fingerprint density at radius 1 is 1.17 bits per heavy atom. The van der Waals surface area contributed by atoms with Gasteiger partial charge in [-0.2, -0.15) is 0 Å². The van der Waals surface area contributed by atoms with E-state index >= 15 is 0 Å². The summed E-state index contributed by atoms with van der Waals surface area (Å²) in [6.07, 6.45) is 0. The highest BCUT2D eigenvalue weighted by molar-refractivity contribution is 6.06. The molecule has 0 aliphatic rings. The number of fused-ring (bicyclic) bond motifs is 1. The Kier molecular flexibility index (Phi) is 6.33. The van der Waals surface area contributed by atoms with E-state index in [2.05, 4.69) is 53.4 Å². The van der Waals surface area contributed by atoms with Gasteiger partial charge < -0.3 is 9.84 Å². The molecule has 3 rings (SSSR count). The zero-order valence-electron chi connectivity index (χ0n) is 18.1. The average molecular weight is 395 g/mol. The fraction of sp³-hybridized carbons (Fsp3) is 0.435. The number of amides is 1. The lowest BCUT2D eigenvalue weighted by Gasteiger charge is -2.22. The van der Waals surface area contributed by atoms with E-state index in [9.17, 15) is 4.79 Å². The van der Waals surface area contributed by atoms with E-state index < -0.39 is 0 Å². The lowest BCUT2D eigenvalue weighted by Crippen LogP contribution is -2.28. The fourth-order valence-electron chi connectivity index (χ4n) is 3.19. The van der Waals surface area contributed by atoms with E-state index in [1.807, 2.05) is 39.0 Å². The first-order chi connectivity index (χ1) is 13.8. The van der Waals surface area contributed by atoms with Gasteiger partial charge in [0.15, 0.2) is 0 Å². The topological polar surface area (TPSA) is 71.3 Å². The molecule has 1 N–H and O–H groups in total. The third-order valence-corrected chi connectivity index (χ3v) is 5.33. The zero-order valence-corrected chi connectivity index (χ0v) is 18.1. The predicted octanol–water partition coefficient (Wildman–Crippen LogP) is 4.42.